The summed E-state index contributed by atoms with van der Waals surface area (Å²) in [4.78, 5) is 9.75. The SMILES string of the molecule is Fc1cncnc1NCC1CN(c2cc3c(nn2)CCC3)C1. The lowest BCUT2D eigenvalue weighted by atomic mass is 10.00. The van der Waals surface area contributed by atoms with Crippen molar-refractivity contribution >= 4 is 11.6 Å². The van der Waals surface area contributed by atoms with Gasteiger partial charge in [0.1, 0.15) is 6.33 Å². The van der Waals surface area contributed by atoms with Crippen LogP contribution in [-0.2, 0) is 12.8 Å². The van der Waals surface area contributed by atoms with E-state index < -0.39 is 5.82 Å². The molecule has 1 N–H and O–H groups in total. The van der Waals surface area contributed by atoms with Crippen molar-refractivity contribution in [1.82, 2.24) is 20.2 Å². The van der Waals surface area contributed by atoms with Crippen molar-refractivity contribution in [2.45, 2.75) is 19.3 Å². The standard InChI is InChI=1S/C15H17FN6/c16-12-6-17-9-19-15(12)18-5-10-7-22(8-10)14-4-11-2-1-3-13(11)20-21-14/h4,6,9-10H,1-3,5,7-8H2,(H,17,18,19). The molecule has 0 spiro atoms. The number of hydrogen-bond acceptors (Lipinski definition) is 6. The largest absolute Gasteiger partial charge is 0.367 e. The first-order chi connectivity index (χ1) is 10.8. The molecule has 0 unspecified atom stereocenters. The monoisotopic (exact) mass is 300 g/mol. The molecule has 0 bridgehead atoms. The number of aryl methyl sites for hydroxylation is 2. The molecular formula is C15H17FN6. The van der Waals surface area contributed by atoms with E-state index in [0.717, 1.165) is 37.4 Å². The normalized spacial score (nSPS) is 17.2. The van der Waals surface area contributed by atoms with Crippen LogP contribution in [0.5, 0.6) is 0 Å². The van der Waals surface area contributed by atoms with Gasteiger partial charge in [-0.05, 0) is 30.9 Å². The average molecular weight is 300 g/mol. The van der Waals surface area contributed by atoms with Gasteiger partial charge in [-0.1, -0.05) is 0 Å². The molecule has 0 radical (unpaired) electrons. The number of nitrogens with one attached hydrogen (secondary N) is 1. The second-order valence-electron chi connectivity index (χ2n) is 5.90. The summed E-state index contributed by atoms with van der Waals surface area (Å²) in [6, 6.07) is 2.17. The van der Waals surface area contributed by atoms with Crippen LogP contribution in [0.4, 0.5) is 16.0 Å². The fourth-order valence-corrected chi connectivity index (χ4v) is 3.04. The Balaban J connectivity index is 1.32. The highest BCUT2D eigenvalue weighted by Gasteiger charge is 2.29. The highest BCUT2D eigenvalue weighted by molar-refractivity contribution is 5.45. The average Bonchev–Trinajstić information content (AvgIpc) is 2.95. The van der Waals surface area contributed by atoms with Crippen LogP contribution in [0.2, 0.25) is 0 Å². The van der Waals surface area contributed by atoms with E-state index in [-0.39, 0.29) is 5.82 Å². The summed E-state index contributed by atoms with van der Waals surface area (Å²) in [5.74, 6) is 1.28. The Labute approximate surface area is 127 Å². The number of aromatic nitrogens is 4. The van der Waals surface area contributed by atoms with Gasteiger partial charge < -0.3 is 10.2 Å². The molecular weight excluding hydrogens is 283 g/mol. The van der Waals surface area contributed by atoms with Crippen LogP contribution in [0.1, 0.15) is 17.7 Å². The van der Waals surface area contributed by atoms with E-state index in [0.29, 0.717) is 12.5 Å². The summed E-state index contributed by atoms with van der Waals surface area (Å²) in [6.07, 6.45) is 5.87. The Kier molecular flexibility index (Phi) is 3.32. The fraction of sp³-hybridized carbons (Fsp3) is 0.467. The molecule has 4 rings (SSSR count). The number of fused-ring (bicyclic) bond motifs is 1. The van der Waals surface area contributed by atoms with Crippen LogP contribution in [0, 0.1) is 11.7 Å². The van der Waals surface area contributed by atoms with E-state index in [1.54, 1.807) is 0 Å². The first-order valence-corrected chi connectivity index (χ1v) is 7.59. The van der Waals surface area contributed by atoms with Gasteiger partial charge >= 0.3 is 0 Å². The third kappa shape index (κ3) is 2.47. The topological polar surface area (TPSA) is 66.8 Å². The van der Waals surface area contributed by atoms with Crippen molar-refractivity contribution in [2.24, 2.45) is 5.92 Å². The lowest BCUT2D eigenvalue weighted by Crippen LogP contribution is -2.50. The van der Waals surface area contributed by atoms with Gasteiger partial charge in [-0.3, -0.25) is 0 Å². The van der Waals surface area contributed by atoms with Crippen molar-refractivity contribution in [2.75, 3.05) is 29.9 Å². The summed E-state index contributed by atoms with van der Waals surface area (Å²) >= 11 is 0. The quantitative estimate of drug-likeness (QED) is 0.921. The third-order valence-electron chi connectivity index (χ3n) is 4.31. The molecule has 1 aliphatic heterocycles. The number of rotatable bonds is 4. The number of nitrogens with zero attached hydrogens (tertiary/aromatic N) is 5. The fourth-order valence-electron chi connectivity index (χ4n) is 3.04. The highest BCUT2D eigenvalue weighted by Crippen LogP contribution is 2.27. The van der Waals surface area contributed by atoms with Crippen molar-refractivity contribution in [3.05, 3.63) is 35.7 Å². The predicted molar refractivity (Wildman–Crippen MR) is 80.2 cm³/mol. The number of halogens is 1. The van der Waals surface area contributed by atoms with Crippen LogP contribution in [0.25, 0.3) is 0 Å². The van der Waals surface area contributed by atoms with Gasteiger partial charge in [0, 0.05) is 25.6 Å². The molecule has 1 saturated heterocycles. The maximum Gasteiger partial charge on any atom is 0.183 e. The van der Waals surface area contributed by atoms with Gasteiger partial charge in [0.15, 0.2) is 17.5 Å². The Morgan fingerprint density at radius 3 is 3.05 bits per heavy atom. The zero-order valence-electron chi connectivity index (χ0n) is 12.2. The smallest absolute Gasteiger partial charge is 0.183 e. The third-order valence-corrected chi connectivity index (χ3v) is 4.31. The zero-order chi connectivity index (χ0) is 14.9. The predicted octanol–water partition coefficient (Wildman–Crippen LogP) is 1.44. The molecule has 0 atom stereocenters. The van der Waals surface area contributed by atoms with Crippen molar-refractivity contribution in [3.8, 4) is 0 Å². The van der Waals surface area contributed by atoms with Crippen LogP contribution < -0.4 is 10.2 Å². The molecule has 0 amide bonds. The highest BCUT2D eigenvalue weighted by atomic mass is 19.1. The molecule has 2 aromatic heterocycles. The number of hydrogen-bond donors (Lipinski definition) is 1. The summed E-state index contributed by atoms with van der Waals surface area (Å²) in [7, 11) is 0. The summed E-state index contributed by atoms with van der Waals surface area (Å²) in [5, 5.41) is 11.7. The molecule has 22 heavy (non-hydrogen) atoms. The maximum atomic E-state index is 13.4. The van der Waals surface area contributed by atoms with Gasteiger partial charge in [0.05, 0.1) is 11.9 Å². The second-order valence-corrected chi connectivity index (χ2v) is 5.90. The zero-order valence-corrected chi connectivity index (χ0v) is 12.2. The minimum Gasteiger partial charge on any atom is -0.367 e. The number of anilines is 2. The molecule has 2 aliphatic rings. The second kappa shape index (κ2) is 5.47. The van der Waals surface area contributed by atoms with E-state index in [1.165, 1.54) is 24.5 Å². The maximum absolute atomic E-state index is 13.4. The Morgan fingerprint density at radius 1 is 1.27 bits per heavy atom. The molecule has 0 aromatic carbocycles. The van der Waals surface area contributed by atoms with Crippen LogP contribution in [0.3, 0.4) is 0 Å². The molecule has 1 fully saturated rings. The Morgan fingerprint density at radius 2 is 2.18 bits per heavy atom. The van der Waals surface area contributed by atoms with E-state index in [9.17, 15) is 4.39 Å². The van der Waals surface area contributed by atoms with E-state index >= 15 is 0 Å². The van der Waals surface area contributed by atoms with Gasteiger partial charge in [-0.25, -0.2) is 14.4 Å². The molecule has 114 valence electrons. The molecule has 3 heterocycles. The molecule has 7 heteroatoms. The lowest BCUT2D eigenvalue weighted by Gasteiger charge is -2.40. The minimum atomic E-state index is -0.414. The Hall–Kier alpha value is -2.31. The summed E-state index contributed by atoms with van der Waals surface area (Å²) < 4.78 is 13.4. The van der Waals surface area contributed by atoms with Gasteiger partial charge in [0.2, 0.25) is 0 Å². The first kappa shape index (κ1) is 13.4. The Bertz CT molecular complexity index is 685. The van der Waals surface area contributed by atoms with Crippen LogP contribution >= 0.6 is 0 Å². The van der Waals surface area contributed by atoms with Crippen molar-refractivity contribution < 1.29 is 4.39 Å². The van der Waals surface area contributed by atoms with E-state index in [1.807, 2.05) is 0 Å². The minimum absolute atomic E-state index is 0.269. The van der Waals surface area contributed by atoms with Crippen LogP contribution in [0.15, 0.2) is 18.6 Å². The van der Waals surface area contributed by atoms with Gasteiger partial charge in [-0.15, -0.1) is 5.10 Å². The van der Waals surface area contributed by atoms with E-state index in [4.69, 9.17) is 0 Å². The van der Waals surface area contributed by atoms with Crippen molar-refractivity contribution in [1.29, 1.82) is 0 Å². The van der Waals surface area contributed by atoms with Crippen molar-refractivity contribution in [3.63, 3.8) is 0 Å². The molecule has 0 saturated carbocycles. The molecule has 1 aliphatic carbocycles. The van der Waals surface area contributed by atoms with Gasteiger partial charge in [0.25, 0.3) is 0 Å². The molecule has 6 nitrogen and oxygen atoms in total. The van der Waals surface area contributed by atoms with Gasteiger partial charge in [-0.2, -0.15) is 5.10 Å². The first-order valence-electron chi connectivity index (χ1n) is 7.59. The summed E-state index contributed by atoms with van der Waals surface area (Å²) in [5.41, 5.74) is 2.50. The summed E-state index contributed by atoms with van der Waals surface area (Å²) in [6.45, 7) is 2.52. The van der Waals surface area contributed by atoms with E-state index in [2.05, 4.69) is 36.4 Å². The lowest BCUT2D eigenvalue weighted by molar-refractivity contribution is 0.424. The molecule has 2 aromatic rings. The van der Waals surface area contributed by atoms with Crippen LogP contribution in [-0.4, -0.2) is 39.8 Å².